The Morgan fingerprint density at radius 3 is 1.90 bits per heavy atom. The van der Waals surface area contributed by atoms with Crippen molar-refractivity contribution in [3.05, 3.63) is 64.2 Å². The second-order valence-electron chi connectivity index (χ2n) is 10.0. The molecule has 0 spiro atoms. The molecule has 0 aliphatic carbocycles. The van der Waals surface area contributed by atoms with E-state index in [1.54, 1.807) is 24.3 Å². The van der Waals surface area contributed by atoms with Crippen LogP contribution in [0.25, 0.3) is 0 Å². The molecule has 0 aliphatic rings. The maximum absolute atomic E-state index is 13.0. The predicted octanol–water partition coefficient (Wildman–Crippen LogP) is 6.49. The summed E-state index contributed by atoms with van der Waals surface area (Å²) >= 11 is 1.01. The van der Waals surface area contributed by atoms with Gasteiger partial charge in [-0.1, -0.05) is 53.7 Å². The van der Waals surface area contributed by atoms with Gasteiger partial charge in [0.2, 0.25) is 0 Å². The number of nitrogens with zero attached hydrogens (tertiary/aromatic N) is 2. The molecule has 0 aliphatic heterocycles. The minimum atomic E-state index is -3.71. The highest BCUT2D eigenvalue weighted by atomic mass is 32.3. The van der Waals surface area contributed by atoms with Gasteiger partial charge in [-0.25, -0.2) is 8.42 Å². The smallest absolute Gasteiger partial charge is 0.258 e. The maximum Gasteiger partial charge on any atom is 0.269 e. The Hall–Kier alpha value is -1.90. The van der Waals surface area contributed by atoms with E-state index in [4.69, 9.17) is 0 Å². The van der Waals surface area contributed by atoms with Crippen LogP contribution in [0.2, 0.25) is 0 Å². The molecule has 2 rings (SSSR count). The highest BCUT2D eigenvalue weighted by molar-refractivity contribution is 8.08. The van der Waals surface area contributed by atoms with Crippen molar-refractivity contribution in [2.75, 3.05) is 7.05 Å². The van der Waals surface area contributed by atoms with Crippen molar-refractivity contribution in [1.29, 1.82) is 0 Å². The lowest BCUT2D eigenvalue weighted by Crippen LogP contribution is -2.24. The molecule has 0 bridgehead atoms. The zero-order valence-corrected chi connectivity index (χ0v) is 20.9. The minimum absolute atomic E-state index is 0.0332. The summed E-state index contributed by atoms with van der Waals surface area (Å²) in [5.41, 5.74) is 1.31. The Balaban J connectivity index is 2.23. The summed E-state index contributed by atoms with van der Waals surface area (Å²) in [5, 5.41) is 10.8. The molecule has 8 heteroatoms. The first-order chi connectivity index (χ1) is 14.1. The molecule has 2 aromatic rings. The van der Waals surface area contributed by atoms with Gasteiger partial charge >= 0.3 is 0 Å². The molecule has 6 nitrogen and oxygen atoms in total. The van der Waals surface area contributed by atoms with Crippen LogP contribution in [0.3, 0.4) is 0 Å². The molecule has 0 fully saturated rings. The van der Waals surface area contributed by atoms with Crippen LogP contribution in [-0.2, 0) is 10.0 Å². The van der Waals surface area contributed by atoms with Crippen molar-refractivity contribution in [3.63, 3.8) is 0 Å². The largest absolute Gasteiger partial charge is 0.269 e. The van der Waals surface area contributed by atoms with Gasteiger partial charge in [0.1, 0.15) is 0 Å². The molecule has 170 valence electrons. The van der Waals surface area contributed by atoms with E-state index in [-0.39, 0.29) is 21.4 Å². The molecule has 31 heavy (non-hydrogen) atoms. The van der Waals surface area contributed by atoms with E-state index < -0.39 is 14.9 Å². The quantitative estimate of drug-likeness (QED) is 0.266. The van der Waals surface area contributed by atoms with E-state index in [1.165, 1.54) is 22.9 Å². The van der Waals surface area contributed by atoms with Crippen molar-refractivity contribution in [1.82, 2.24) is 3.71 Å². The fraction of sp³-hybridized carbons (Fsp3) is 0.478. The van der Waals surface area contributed by atoms with Crippen molar-refractivity contribution in [2.24, 2.45) is 10.8 Å². The standard InChI is InChI=1S/C23H32N2O4S2/c1-22(2,3)16-21(23(4,5)6)17-8-14-20(15-9-17)31(28,29)24(7)30-19-12-10-18(11-13-19)25(26)27/h8-15,21H,16H2,1-7H3. The summed E-state index contributed by atoms with van der Waals surface area (Å²) < 4.78 is 27.2. The molecule has 2 aromatic carbocycles. The fourth-order valence-corrected chi connectivity index (χ4v) is 5.62. The Bertz CT molecular complexity index is 1000. The van der Waals surface area contributed by atoms with Gasteiger partial charge < -0.3 is 0 Å². The molecule has 0 amide bonds. The molecular formula is C23H32N2O4S2. The lowest BCUT2D eigenvalue weighted by molar-refractivity contribution is -0.384. The summed E-state index contributed by atoms with van der Waals surface area (Å²) in [7, 11) is -2.24. The van der Waals surface area contributed by atoms with E-state index in [0.29, 0.717) is 10.8 Å². The van der Waals surface area contributed by atoms with Crippen LogP contribution >= 0.6 is 11.9 Å². The maximum atomic E-state index is 13.0. The molecule has 0 aromatic heterocycles. The molecule has 0 heterocycles. The first-order valence-electron chi connectivity index (χ1n) is 10.1. The number of sulfonamides is 1. The lowest BCUT2D eigenvalue weighted by atomic mass is 9.69. The number of hydrogen-bond donors (Lipinski definition) is 0. The van der Waals surface area contributed by atoms with Crippen LogP contribution in [0.1, 0.15) is 59.4 Å². The Labute approximate surface area is 190 Å². The molecule has 0 radical (unpaired) electrons. The monoisotopic (exact) mass is 464 g/mol. The normalized spacial score (nSPS) is 13.9. The summed E-state index contributed by atoms with van der Waals surface area (Å²) in [5.74, 6) is 0.302. The van der Waals surface area contributed by atoms with Gasteiger partial charge in [0.15, 0.2) is 0 Å². The van der Waals surface area contributed by atoms with Crippen molar-refractivity contribution < 1.29 is 13.3 Å². The highest BCUT2D eigenvalue weighted by Crippen LogP contribution is 2.43. The molecule has 1 unspecified atom stereocenters. The third-order valence-electron chi connectivity index (χ3n) is 5.06. The van der Waals surface area contributed by atoms with E-state index in [1.807, 2.05) is 12.1 Å². The third kappa shape index (κ3) is 6.79. The zero-order chi connectivity index (χ0) is 23.6. The zero-order valence-electron chi connectivity index (χ0n) is 19.2. The first kappa shape index (κ1) is 25.4. The van der Waals surface area contributed by atoms with Crippen LogP contribution in [0.4, 0.5) is 5.69 Å². The van der Waals surface area contributed by atoms with E-state index in [9.17, 15) is 18.5 Å². The van der Waals surface area contributed by atoms with Crippen LogP contribution in [0.5, 0.6) is 0 Å². The minimum Gasteiger partial charge on any atom is -0.258 e. The van der Waals surface area contributed by atoms with Gasteiger partial charge in [0, 0.05) is 24.1 Å². The average Bonchev–Trinajstić information content (AvgIpc) is 2.65. The molecule has 0 N–H and O–H groups in total. The van der Waals surface area contributed by atoms with Crippen LogP contribution < -0.4 is 0 Å². The number of nitro benzene ring substituents is 1. The van der Waals surface area contributed by atoms with E-state index in [0.717, 1.165) is 23.9 Å². The summed E-state index contributed by atoms with van der Waals surface area (Å²) in [6.45, 7) is 13.3. The van der Waals surface area contributed by atoms with Crippen molar-refractivity contribution >= 4 is 27.7 Å². The van der Waals surface area contributed by atoms with Gasteiger partial charge in [-0.05, 0) is 64.9 Å². The molecule has 0 saturated heterocycles. The third-order valence-corrected chi connectivity index (χ3v) is 8.16. The second kappa shape index (κ2) is 9.30. The number of hydrogen-bond acceptors (Lipinski definition) is 5. The van der Waals surface area contributed by atoms with Crippen molar-refractivity contribution in [3.8, 4) is 0 Å². The lowest BCUT2D eigenvalue weighted by Gasteiger charge is -2.36. The van der Waals surface area contributed by atoms with Gasteiger partial charge in [0.25, 0.3) is 15.7 Å². The van der Waals surface area contributed by atoms with Crippen LogP contribution in [-0.4, -0.2) is 24.1 Å². The average molecular weight is 465 g/mol. The number of non-ortho nitro benzene ring substituents is 1. The Morgan fingerprint density at radius 2 is 1.48 bits per heavy atom. The Morgan fingerprint density at radius 1 is 0.968 bits per heavy atom. The number of rotatable bonds is 7. The summed E-state index contributed by atoms with van der Waals surface area (Å²) in [6, 6.07) is 13.0. The molecule has 0 saturated carbocycles. The van der Waals surface area contributed by atoms with Crippen LogP contribution in [0.15, 0.2) is 58.3 Å². The van der Waals surface area contributed by atoms with Gasteiger partial charge in [0.05, 0.1) is 9.82 Å². The first-order valence-corrected chi connectivity index (χ1v) is 12.3. The van der Waals surface area contributed by atoms with E-state index >= 15 is 0 Å². The number of nitro groups is 1. The number of benzene rings is 2. The van der Waals surface area contributed by atoms with Gasteiger partial charge in [-0.2, -0.15) is 0 Å². The van der Waals surface area contributed by atoms with Gasteiger partial charge in [-0.15, -0.1) is 3.71 Å². The molecular weight excluding hydrogens is 432 g/mol. The fourth-order valence-electron chi connectivity index (χ4n) is 3.38. The second-order valence-corrected chi connectivity index (χ2v) is 13.4. The van der Waals surface area contributed by atoms with Gasteiger partial charge in [-0.3, -0.25) is 10.1 Å². The highest BCUT2D eigenvalue weighted by Gasteiger charge is 2.31. The van der Waals surface area contributed by atoms with Crippen LogP contribution in [0, 0.1) is 20.9 Å². The van der Waals surface area contributed by atoms with Crippen molar-refractivity contribution in [2.45, 2.75) is 63.7 Å². The SMILES string of the molecule is CN(Sc1ccc([N+](=O)[O-])cc1)S(=O)(=O)c1ccc(C(CC(C)(C)C)C(C)(C)C)cc1. The molecule has 1 atom stereocenters. The van der Waals surface area contributed by atoms with E-state index in [2.05, 4.69) is 41.5 Å². The summed E-state index contributed by atoms with van der Waals surface area (Å²) in [6.07, 6.45) is 0.999. The Kier molecular flexibility index (Phi) is 7.61. The summed E-state index contributed by atoms with van der Waals surface area (Å²) in [4.78, 5) is 11.1. The predicted molar refractivity (Wildman–Crippen MR) is 127 cm³/mol. The topological polar surface area (TPSA) is 80.5 Å².